The molecule has 27 nitrogen and oxygen atoms in total. The van der Waals surface area contributed by atoms with Crippen LogP contribution in [0.15, 0.2) is 22.3 Å². The molecule has 81 heavy (non-hydrogen) atoms. The third-order valence-electron chi connectivity index (χ3n) is 15.9. The molecule has 0 spiro atoms. The van der Waals surface area contributed by atoms with E-state index < -0.39 is 158 Å². The number of phenols is 1. The predicted molar refractivity (Wildman–Crippen MR) is 294 cm³/mol. The molecule has 2 saturated heterocycles. The molecule has 4 aliphatic rings. The van der Waals surface area contributed by atoms with E-state index in [0.717, 1.165) is 11.3 Å². The van der Waals surface area contributed by atoms with Crippen LogP contribution in [0.2, 0.25) is 0 Å². The van der Waals surface area contributed by atoms with Crippen LogP contribution in [0.5, 0.6) is 5.75 Å². The Balaban J connectivity index is 0.0000120. The Hall–Kier alpha value is -6.84. The highest BCUT2D eigenvalue weighted by molar-refractivity contribution is 7.78. The Morgan fingerprint density at radius 1 is 0.889 bits per heavy atom. The number of unbranched alkanes of at least 4 members (excludes halogenated alkanes) is 2. The summed E-state index contributed by atoms with van der Waals surface area (Å²) in [6, 6.07) is -2.66. The van der Waals surface area contributed by atoms with Crippen LogP contribution in [0.4, 0.5) is 5.69 Å². The van der Waals surface area contributed by atoms with Crippen LogP contribution in [-0.4, -0.2) is 182 Å². The van der Waals surface area contributed by atoms with Crippen LogP contribution in [0.1, 0.15) is 103 Å². The van der Waals surface area contributed by atoms with Crippen LogP contribution < -0.4 is 37.2 Å². The molecule has 2 bridgehead atoms. The number of benzene rings is 1. The summed E-state index contributed by atoms with van der Waals surface area (Å²) < 4.78 is 0. The summed E-state index contributed by atoms with van der Waals surface area (Å²) in [4.78, 5) is 149. The number of amides is 7. The minimum Gasteiger partial charge on any atom is -0.870 e. The molecule has 0 unspecified atom stereocenters. The van der Waals surface area contributed by atoms with Crippen molar-refractivity contribution in [3.8, 4) is 5.75 Å². The number of ketones is 3. The van der Waals surface area contributed by atoms with Gasteiger partial charge in [0.1, 0.15) is 41.1 Å². The molecule has 1 aromatic heterocycles. The number of aromatic amines is 1. The molecule has 13 N–H and O–H groups in total. The lowest BCUT2D eigenvalue weighted by atomic mass is 9.85. The van der Waals surface area contributed by atoms with Gasteiger partial charge in [-0.15, -0.1) is 0 Å². The molecule has 7 amide bonds. The molecule has 10 atom stereocenters. The van der Waals surface area contributed by atoms with Crippen LogP contribution in [0, 0.1) is 29.6 Å². The van der Waals surface area contributed by atoms with Crippen LogP contribution in [0.25, 0.3) is 21.3 Å². The predicted octanol–water partition coefficient (Wildman–Crippen LogP) is -0.803. The van der Waals surface area contributed by atoms with Gasteiger partial charge in [-0.2, -0.15) is 0 Å². The first-order chi connectivity index (χ1) is 38.1. The summed E-state index contributed by atoms with van der Waals surface area (Å²) >= 11 is 0.290. The largest absolute Gasteiger partial charge is 0.870 e. The lowest BCUT2D eigenvalue weighted by molar-refractivity contribution is -0.145. The highest BCUT2D eigenvalue weighted by atomic mass is 32.2. The van der Waals surface area contributed by atoms with Crippen molar-refractivity contribution < 1.29 is 73.8 Å². The maximum atomic E-state index is 14.9. The van der Waals surface area contributed by atoms with Crippen molar-refractivity contribution in [1.29, 1.82) is 0 Å². The number of aromatic nitrogens is 1. The van der Waals surface area contributed by atoms with Crippen LogP contribution in [0.3, 0.4) is 0 Å². The number of hydrogen-bond acceptors (Lipinski definition) is 17. The quantitative estimate of drug-likeness (QED) is 0.0245. The number of nitrogens with two attached hydrogens (primary N) is 1. The summed E-state index contributed by atoms with van der Waals surface area (Å²) in [6.07, 6.45) is -1.04. The fourth-order valence-electron chi connectivity index (χ4n) is 11.1. The summed E-state index contributed by atoms with van der Waals surface area (Å²) in [7, 11) is 0. The van der Waals surface area contributed by atoms with Crippen molar-refractivity contribution >= 4 is 87.1 Å². The fourth-order valence-corrected chi connectivity index (χ4v) is 12.3. The van der Waals surface area contributed by atoms with E-state index >= 15 is 0 Å². The number of aliphatic hydroxyl groups excluding tert-OH is 3. The van der Waals surface area contributed by atoms with E-state index in [1.807, 2.05) is 4.90 Å². The Labute approximate surface area is 472 Å². The number of anilines is 1. The number of azide groups is 1. The number of aromatic hydroxyl groups is 1. The second-order valence-electron chi connectivity index (χ2n) is 21.7. The number of hydrogen-bond donors (Lipinski definition) is 11. The van der Waals surface area contributed by atoms with Gasteiger partial charge in [-0.25, -0.2) is 0 Å². The number of Topliss-reactive ketones (excluding diaryl/α,β-unsaturated/α-hetero) is 3. The monoisotopic (exact) mass is 1150 g/mol. The number of fused-ring (bicyclic) bond motifs is 5. The van der Waals surface area contributed by atoms with E-state index in [4.69, 9.17) is 11.3 Å². The van der Waals surface area contributed by atoms with E-state index in [2.05, 4.69) is 41.6 Å². The minimum absolute atomic E-state index is 0. The summed E-state index contributed by atoms with van der Waals surface area (Å²) in [5, 5.41) is 61.0. The number of H-pyrrole nitrogens is 1. The van der Waals surface area contributed by atoms with E-state index in [1.165, 1.54) is 13.0 Å². The maximum absolute atomic E-state index is 14.9. The lowest BCUT2D eigenvalue weighted by Gasteiger charge is -2.34. The van der Waals surface area contributed by atoms with E-state index in [0.29, 0.717) is 91.8 Å². The molecule has 2 fully saturated rings. The van der Waals surface area contributed by atoms with Crippen molar-refractivity contribution in [2.45, 2.75) is 146 Å². The van der Waals surface area contributed by atoms with E-state index in [-0.39, 0.29) is 53.3 Å². The van der Waals surface area contributed by atoms with Gasteiger partial charge < -0.3 is 73.0 Å². The minimum atomic E-state index is -1.64. The zero-order valence-electron chi connectivity index (χ0n) is 45.9. The fraction of sp³-hybridized carbons (Fsp3) is 0.660. The van der Waals surface area contributed by atoms with Gasteiger partial charge in [0, 0.05) is 104 Å². The topological polar surface area (TPSA) is 439 Å². The number of rotatable bonds is 16. The average Bonchev–Trinajstić information content (AvgIpc) is 4.09. The average molecular weight is 1160 g/mol. The van der Waals surface area contributed by atoms with Crippen molar-refractivity contribution in [3.05, 3.63) is 28.1 Å². The number of nitrogens with zero attached hydrogens (tertiary/aromatic N) is 5. The highest BCUT2D eigenvalue weighted by Crippen LogP contribution is 2.41. The molecule has 4 aliphatic heterocycles. The van der Waals surface area contributed by atoms with E-state index in [1.54, 1.807) is 19.9 Å². The first-order valence-corrected chi connectivity index (χ1v) is 28.6. The van der Waals surface area contributed by atoms with Gasteiger partial charge in [0.15, 0.2) is 11.6 Å². The van der Waals surface area contributed by atoms with Gasteiger partial charge in [0.2, 0.25) is 46.4 Å². The van der Waals surface area contributed by atoms with Gasteiger partial charge in [0.05, 0.1) is 49.4 Å². The Morgan fingerprint density at radius 2 is 1.58 bits per heavy atom. The van der Waals surface area contributed by atoms with Gasteiger partial charge in [-0.1, -0.05) is 38.7 Å². The number of nitrogens with one attached hydrogen (secondary N) is 6. The normalized spacial score (nSPS) is 25.4. The SMILES string of the molecule is CC[C@H](C)[C@@H]1NC(=O)CNC(=O)[C@@H]2CC(=O)[C@H]([C@@H](C)[C@@H](O)CO)NC(=O)[C@@H]3C[C@@H](O)CN3C(=O)[C@H](CC(N)=O)CC(=O)[C@H](C[SH+]c3[nH]c4c(N5CCC(CC(=O)CCCCCN=[N+]=[N-])CC5)c(O)ccc4c3C2)NC(=O)CNC1=O.[OH-]. The van der Waals surface area contributed by atoms with E-state index in [9.17, 15) is 68.4 Å². The maximum Gasteiger partial charge on any atom is 0.243 e. The van der Waals surface area contributed by atoms with Crippen molar-refractivity contribution in [2.24, 2.45) is 40.4 Å². The van der Waals surface area contributed by atoms with Gasteiger partial charge in [0.25, 0.3) is 0 Å². The number of phenolic OH excluding ortho intramolecular Hbond substituents is 1. The molecule has 1 aromatic carbocycles. The van der Waals surface area contributed by atoms with Crippen molar-refractivity contribution in [3.63, 3.8) is 0 Å². The van der Waals surface area contributed by atoms with Crippen molar-refractivity contribution in [1.82, 2.24) is 36.5 Å². The number of carbonyl (C=O) groups is 10. The number of piperidine rings is 1. The number of primary amides is 1. The molecular formula is C53H78N12O15S. The third-order valence-corrected chi connectivity index (χ3v) is 17.1. The molecule has 0 saturated carbocycles. The number of thiol groups is 1. The second-order valence-corrected chi connectivity index (χ2v) is 22.8. The number of aliphatic hydroxyl groups is 3. The smallest absolute Gasteiger partial charge is 0.243 e. The first-order valence-electron chi connectivity index (χ1n) is 27.5. The van der Waals surface area contributed by atoms with Crippen LogP contribution >= 0.6 is 0 Å². The second kappa shape index (κ2) is 30.3. The van der Waals surface area contributed by atoms with Crippen LogP contribution in [-0.2, 0) is 66.1 Å². The summed E-state index contributed by atoms with van der Waals surface area (Å²) in [6.45, 7) is 3.47. The first kappa shape index (κ1) is 65.0. The molecule has 6 rings (SSSR count). The molecule has 5 heterocycles. The molecule has 2 aromatic rings. The Kier molecular flexibility index (Phi) is 24.3. The Morgan fingerprint density at radius 3 is 2.25 bits per heavy atom. The lowest BCUT2D eigenvalue weighted by Crippen LogP contribution is -2.56. The summed E-state index contributed by atoms with van der Waals surface area (Å²) in [5.41, 5.74) is 15.4. The molecular weight excluding hydrogens is 1080 g/mol. The molecule has 0 radical (unpaired) electrons. The highest BCUT2D eigenvalue weighted by Gasteiger charge is 2.45. The molecule has 446 valence electrons. The van der Waals surface area contributed by atoms with Crippen molar-refractivity contribution in [2.75, 3.05) is 56.5 Å². The van der Waals surface area contributed by atoms with Gasteiger partial charge >= 0.3 is 0 Å². The Bertz CT molecular complexity index is 2690. The van der Waals surface area contributed by atoms with Gasteiger partial charge in [-0.05, 0) is 61.6 Å². The number of carbonyl (C=O) groups excluding carboxylic acids is 10. The third kappa shape index (κ3) is 17.1. The molecule has 28 heteroatoms. The van der Waals surface area contributed by atoms with Gasteiger partial charge in [-0.3, -0.25) is 47.9 Å². The summed E-state index contributed by atoms with van der Waals surface area (Å²) in [5.74, 6) is -12.4. The standard InChI is InChI=1S/C53H76N12O14S.H2O/c1-4-27(2)45-51(78)57-22-43(74)59-36-26-80-52-35(34-9-10-38(69)48(47(34)62-52)64-14-11-29(12-15-64)16-32(67)8-6-5-7-13-58-63-55)17-30(49(76)56-23-44(75)60-45)18-40(71)46(28(3)41(72)25-66)61-50(77)37-21-33(68)24-65(37)53(79)31(19-39(36)70)20-42(54)73;/h9-10,27-31,33,36-37,41,45-46,62,66,68-69,72H,4-8,11-26H2,1-3H3,(H2,54,73)(H,56,76)(H,57,78)(H,59,74)(H,60,75)(H,61,77);1H2/t27-,28-,30-,31-,33+,36-,37-,41-,45-,46-;/m0./s1. The zero-order chi connectivity index (χ0) is 58.4. The molecule has 0 aliphatic carbocycles. The zero-order valence-corrected chi connectivity index (χ0v) is 46.8.